The highest BCUT2D eigenvalue weighted by molar-refractivity contribution is 6.30. The number of halogens is 1. The molecule has 3 rings (SSSR count). The summed E-state index contributed by atoms with van der Waals surface area (Å²) >= 11 is 5.94. The van der Waals surface area contributed by atoms with Gasteiger partial charge in [-0.1, -0.05) is 29.8 Å². The highest BCUT2D eigenvalue weighted by Gasteiger charge is 2.25. The molecule has 25 heavy (non-hydrogen) atoms. The second-order valence-electron chi connectivity index (χ2n) is 5.13. The molecule has 0 aliphatic carbocycles. The molecule has 0 radical (unpaired) electrons. The van der Waals surface area contributed by atoms with Crippen LogP contribution in [0.1, 0.15) is 5.56 Å². The lowest BCUT2D eigenvalue weighted by atomic mass is 10.2. The first-order valence-corrected chi connectivity index (χ1v) is 7.68. The van der Waals surface area contributed by atoms with Crippen LogP contribution in [0.25, 0.3) is 0 Å². The number of hydrogen-bond donors (Lipinski definition) is 1. The van der Waals surface area contributed by atoms with E-state index in [2.05, 4.69) is 15.3 Å². The monoisotopic (exact) mass is 356 g/mol. The van der Waals surface area contributed by atoms with Crippen molar-refractivity contribution >= 4 is 28.8 Å². The molecule has 0 atom stereocenters. The minimum absolute atomic E-state index is 0.0383. The van der Waals surface area contributed by atoms with Crippen LogP contribution in [0.3, 0.4) is 0 Å². The predicted molar refractivity (Wildman–Crippen MR) is 94.7 cm³/mol. The zero-order valence-electron chi connectivity index (χ0n) is 13.1. The summed E-state index contributed by atoms with van der Waals surface area (Å²) in [5.41, 5.74) is 1.13. The largest absolute Gasteiger partial charge is 0.434 e. The second-order valence-corrected chi connectivity index (χ2v) is 5.57. The normalized spacial score (nSPS) is 10.3. The first kappa shape index (κ1) is 16.7. The summed E-state index contributed by atoms with van der Waals surface area (Å²) in [5, 5.41) is 15.1. The van der Waals surface area contributed by atoms with Crippen LogP contribution in [0.15, 0.2) is 54.9 Å². The first-order chi connectivity index (χ1) is 12.0. The Balaban J connectivity index is 1.99. The van der Waals surface area contributed by atoms with E-state index in [1.807, 2.05) is 13.0 Å². The van der Waals surface area contributed by atoms with Crippen molar-refractivity contribution in [1.29, 1.82) is 0 Å². The van der Waals surface area contributed by atoms with Crippen LogP contribution in [-0.4, -0.2) is 14.9 Å². The highest BCUT2D eigenvalue weighted by Crippen LogP contribution is 2.36. The van der Waals surface area contributed by atoms with E-state index in [-0.39, 0.29) is 17.4 Å². The van der Waals surface area contributed by atoms with Crippen LogP contribution in [0.2, 0.25) is 5.02 Å². The molecule has 0 amide bonds. The number of ether oxygens (including phenoxy) is 1. The fraction of sp³-hybridized carbons (Fsp3) is 0.0588. The SMILES string of the molecule is Cc1cc(Cl)ccc1Nc1ncnc(Oc2ccccc2)c1[N+](=O)[O-]. The smallest absolute Gasteiger partial charge is 0.373 e. The van der Waals surface area contributed by atoms with E-state index < -0.39 is 4.92 Å². The molecule has 8 heteroatoms. The molecule has 0 bridgehead atoms. The average molecular weight is 357 g/mol. The predicted octanol–water partition coefficient (Wildman–Crippen LogP) is 4.88. The van der Waals surface area contributed by atoms with Crippen molar-refractivity contribution in [2.45, 2.75) is 6.92 Å². The Morgan fingerprint density at radius 1 is 1.16 bits per heavy atom. The molecular weight excluding hydrogens is 344 g/mol. The summed E-state index contributed by atoms with van der Waals surface area (Å²) < 4.78 is 5.54. The summed E-state index contributed by atoms with van der Waals surface area (Å²) in [6.07, 6.45) is 1.21. The Bertz CT molecular complexity index is 919. The van der Waals surface area contributed by atoms with Crippen molar-refractivity contribution in [1.82, 2.24) is 9.97 Å². The fourth-order valence-corrected chi connectivity index (χ4v) is 2.42. The molecule has 3 aromatic rings. The second kappa shape index (κ2) is 7.14. The van der Waals surface area contributed by atoms with Gasteiger partial charge in [-0.2, -0.15) is 4.98 Å². The summed E-state index contributed by atoms with van der Waals surface area (Å²) in [4.78, 5) is 18.9. The lowest BCUT2D eigenvalue weighted by Crippen LogP contribution is -2.04. The zero-order chi connectivity index (χ0) is 17.8. The minimum Gasteiger partial charge on any atom is -0.434 e. The van der Waals surface area contributed by atoms with Gasteiger partial charge in [0.25, 0.3) is 0 Å². The Morgan fingerprint density at radius 2 is 1.92 bits per heavy atom. The van der Waals surface area contributed by atoms with Crippen molar-refractivity contribution in [2.75, 3.05) is 5.32 Å². The van der Waals surface area contributed by atoms with Crippen LogP contribution < -0.4 is 10.1 Å². The molecule has 0 saturated carbocycles. The van der Waals surface area contributed by atoms with Crippen molar-refractivity contribution in [2.24, 2.45) is 0 Å². The Hall–Kier alpha value is -3.19. The number of nitro groups is 1. The van der Waals surface area contributed by atoms with Gasteiger partial charge in [-0.05, 0) is 42.8 Å². The van der Waals surface area contributed by atoms with Crippen LogP contribution in [-0.2, 0) is 0 Å². The summed E-state index contributed by atoms with van der Waals surface area (Å²) in [7, 11) is 0. The summed E-state index contributed by atoms with van der Waals surface area (Å²) in [6.45, 7) is 1.84. The summed E-state index contributed by atoms with van der Waals surface area (Å²) in [6, 6.07) is 13.9. The molecule has 0 unspecified atom stereocenters. The van der Waals surface area contributed by atoms with Crippen molar-refractivity contribution in [3.63, 3.8) is 0 Å². The molecule has 7 nitrogen and oxygen atoms in total. The zero-order valence-corrected chi connectivity index (χ0v) is 13.9. The van der Waals surface area contributed by atoms with Gasteiger partial charge in [0.2, 0.25) is 5.82 Å². The van der Waals surface area contributed by atoms with Crippen LogP contribution in [0.5, 0.6) is 11.6 Å². The third-order valence-corrected chi connectivity index (χ3v) is 3.61. The molecule has 0 aliphatic heterocycles. The van der Waals surface area contributed by atoms with Gasteiger partial charge in [-0.25, -0.2) is 4.98 Å². The Morgan fingerprint density at radius 3 is 2.60 bits per heavy atom. The van der Waals surface area contributed by atoms with Crippen LogP contribution in [0, 0.1) is 17.0 Å². The third kappa shape index (κ3) is 3.84. The number of nitrogens with one attached hydrogen (secondary N) is 1. The molecule has 1 heterocycles. The molecule has 126 valence electrons. The Labute approximate surface area is 148 Å². The molecule has 2 aromatic carbocycles. The molecule has 1 N–H and O–H groups in total. The third-order valence-electron chi connectivity index (χ3n) is 3.37. The number of aryl methyl sites for hydroxylation is 1. The lowest BCUT2D eigenvalue weighted by Gasteiger charge is -2.11. The van der Waals surface area contributed by atoms with Gasteiger partial charge >= 0.3 is 11.6 Å². The maximum Gasteiger partial charge on any atom is 0.373 e. The molecule has 0 fully saturated rings. The number of benzene rings is 2. The number of aromatic nitrogens is 2. The van der Waals surface area contributed by atoms with Gasteiger partial charge in [0.15, 0.2) is 0 Å². The van der Waals surface area contributed by atoms with Gasteiger partial charge in [0.1, 0.15) is 12.1 Å². The number of anilines is 2. The van der Waals surface area contributed by atoms with Gasteiger partial charge in [-0.3, -0.25) is 10.1 Å². The number of hydrogen-bond acceptors (Lipinski definition) is 6. The van der Waals surface area contributed by atoms with E-state index in [9.17, 15) is 10.1 Å². The van der Waals surface area contributed by atoms with Gasteiger partial charge in [0, 0.05) is 10.7 Å². The van der Waals surface area contributed by atoms with Crippen LogP contribution >= 0.6 is 11.6 Å². The van der Waals surface area contributed by atoms with Crippen molar-refractivity contribution in [3.05, 3.63) is 75.6 Å². The maximum absolute atomic E-state index is 11.5. The van der Waals surface area contributed by atoms with E-state index in [0.717, 1.165) is 5.56 Å². The first-order valence-electron chi connectivity index (χ1n) is 7.30. The number of rotatable bonds is 5. The van der Waals surface area contributed by atoms with Crippen LogP contribution in [0.4, 0.5) is 17.2 Å². The number of nitrogens with zero attached hydrogens (tertiary/aromatic N) is 3. The topological polar surface area (TPSA) is 90.2 Å². The van der Waals surface area contributed by atoms with Crippen molar-refractivity contribution in [3.8, 4) is 11.6 Å². The fourth-order valence-electron chi connectivity index (χ4n) is 2.19. The average Bonchev–Trinajstić information content (AvgIpc) is 2.58. The van der Waals surface area contributed by atoms with Crippen molar-refractivity contribution < 1.29 is 9.66 Å². The van der Waals surface area contributed by atoms with Gasteiger partial charge in [-0.15, -0.1) is 0 Å². The molecule has 0 aliphatic rings. The molecule has 0 spiro atoms. The van der Waals surface area contributed by atoms with E-state index in [4.69, 9.17) is 16.3 Å². The molecule has 1 aromatic heterocycles. The summed E-state index contributed by atoms with van der Waals surface area (Å²) in [5.74, 6) is 0.342. The highest BCUT2D eigenvalue weighted by atomic mass is 35.5. The van der Waals surface area contributed by atoms with Gasteiger partial charge in [0.05, 0.1) is 4.92 Å². The van der Waals surface area contributed by atoms with Gasteiger partial charge < -0.3 is 10.1 Å². The lowest BCUT2D eigenvalue weighted by molar-refractivity contribution is -0.385. The molecule has 0 saturated heterocycles. The molecular formula is C17H13ClN4O3. The number of para-hydroxylation sites is 1. The Kier molecular flexibility index (Phi) is 4.76. The van der Waals surface area contributed by atoms with E-state index >= 15 is 0 Å². The minimum atomic E-state index is -0.578. The standard InChI is InChI=1S/C17H13ClN4O3/c1-11-9-12(18)7-8-14(11)21-16-15(22(23)24)17(20-10-19-16)25-13-5-3-2-4-6-13/h2-10H,1H3,(H,19,20,21). The van der Waals surface area contributed by atoms with E-state index in [0.29, 0.717) is 16.5 Å². The maximum atomic E-state index is 11.5. The quantitative estimate of drug-likeness (QED) is 0.517. The van der Waals surface area contributed by atoms with E-state index in [1.54, 1.807) is 42.5 Å². The van der Waals surface area contributed by atoms with E-state index in [1.165, 1.54) is 6.33 Å².